The van der Waals surface area contributed by atoms with Crippen LogP contribution >= 0.6 is 0 Å². The smallest absolute Gasteiger partial charge is 0.199 e. The van der Waals surface area contributed by atoms with E-state index in [4.69, 9.17) is 0 Å². The van der Waals surface area contributed by atoms with Crippen molar-refractivity contribution in [3.63, 3.8) is 0 Å². The lowest BCUT2D eigenvalue weighted by molar-refractivity contribution is 0.103. The molecule has 4 heteroatoms. The predicted molar refractivity (Wildman–Crippen MR) is 56.2 cm³/mol. The normalized spacial score (nSPS) is 10.3. The molecule has 0 radical (unpaired) electrons. The summed E-state index contributed by atoms with van der Waals surface area (Å²) < 4.78 is 39.6. The average Bonchev–Trinajstić information content (AvgIpc) is 2.32. The first-order valence-corrected chi connectivity index (χ1v) is 4.84. The summed E-state index contributed by atoms with van der Waals surface area (Å²) in [6, 6.07) is 7.66. The summed E-state index contributed by atoms with van der Waals surface area (Å²) in [7, 11) is 0. The summed E-state index contributed by atoms with van der Waals surface area (Å²) in [6.45, 7) is 0. The monoisotopic (exact) mass is 236 g/mol. The Kier molecular flexibility index (Phi) is 2.95. The van der Waals surface area contributed by atoms with Gasteiger partial charge in [0.25, 0.3) is 0 Å². The molecule has 0 aliphatic carbocycles. The maximum absolute atomic E-state index is 13.3. The molecule has 0 amide bonds. The van der Waals surface area contributed by atoms with Gasteiger partial charge >= 0.3 is 0 Å². The fourth-order valence-corrected chi connectivity index (χ4v) is 1.46. The molecule has 2 rings (SSSR count). The van der Waals surface area contributed by atoms with Crippen LogP contribution in [0.2, 0.25) is 0 Å². The van der Waals surface area contributed by atoms with Gasteiger partial charge in [-0.3, -0.25) is 4.79 Å². The maximum atomic E-state index is 13.3. The highest BCUT2D eigenvalue weighted by atomic mass is 19.1. The number of rotatable bonds is 2. The van der Waals surface area contributed by atoms with E-state index in [-0.39, 0.29) is 5.56 Å². The number of halogens is 3. The SMILES string of the molecule is O=C(c1ccccc1F)c1cc(F)ccc1F. The molecular weight excluding hydrogens is 229 g/mol. The minimum atomic E-state index is -0.875. The predicted octanol–water partition coefficient (Wildman–Crippen LogP) is 3.33. The van der Waals surface area contributed by atoms with E-state index >= 15 is 0 Å². The third kappa shape index (κ3) is 2.20. The molecule has 0 heterocycles. The highest BCUT2D eigenvalue weighted by Gasteiger charge is 2.17. The molecule has 0 aliphatic heterocycles. The molecule has 86 valence electrons. The molecule has 0 saturated carbocycles. The lowest BCUT2D eigenvalue weighted by Gasteiger charge is -2.03. The molecule has 0 N–H and O–H groups in total. The Morgan fingerprint density at radius 2 is 1.47 bits per heavy atom. The van der Waals surface area contributed by atoms with E-state index in [1.807, 2.05) is 0 Å². The molecule has 17 heavy (non-hydrogen) atoms. The van der Waals surface area contributed by atoms with Crippen molar-refractivity contribution in [3.05, 3.63) is 71.0 Å². The number of hydrogen-bond acceptors (Lipinski definition) is 1. The summed E-state index contributed by atoms with van der Waals surface area (Å²) in [5.74, 6) is -3.26. The number of carbonyl (C=O) groups excluding carboxylic acids is 1. The van der Waals surface area contributed by atoms with E-state index in [1.165, 1.54) is 18.2 Å². The van der Waals surface area contributed by atoms with Gasteiger partial charge in [0.2, 0.25) is 0 Å². The lowest BCUT2D eigenvalue weighted by Crippen LogP contribution is -2.07. The molecule has 2 aromatic rings. The number of hydrogen-bond donors (Lipinski definition) is 0. The van der Waals surface area contributed by atoms with Crippen LogP contribution in [0.3, 0.4) is 0 Å². The van der Waals surface area contributed by atoms with Gasteiger partial charge in [0, 0.05) is 0 Å². The van der Waals surface area contributed by atoms with E-state index in [9.17, 15) is 18.0 Å². The second-order valence-electron chi connectivity index (χ2n) is 3.43. The van der Waals surface area contributed by atoms with E-state index in [0.29, 0.717) is 0 Å². The Morgan fingerprint density at radius 1 is 0.824 bits per heavy atom. The first-order valence-electron chi connectivity index (χ1n) is 4.84. The fraction of sp³-hybridized carbons (Fsp3) is 0. The van der Waals surface area contributed by atoms with Gasteiger partial charge in [0.15, 0.2) is 5.78 Å². The Labute approximate surface area is 95.5 Å². The Bertz CT molecular complexity index is 579. The van der Waals surface area contributed by atoms with Gasteiger partial charge in [-0.1, -0.05) is 12.1 Å². The number of carbonyl (C=O) groups is 1. The largest absolute Gasteiger partial charge is 0.288 e. The average molecular weight is 236 g/mol. The standard InChI is InChI=1S/C13H7F3O/c14-8-5-6-12(16)10(7-8)13(17)9-3-1-2-4-11(9)15/h1-7H. The second kappa shape index (κ2) is 4.41. The molecule has 0 saturated heterocycles. The fourth-order valence-electron chi connectivity index (χ4n) is 1.46. The zero-order valence-corrected chi connectivity index (χ0v) is 8.58. The van der Waals surface area contributed by atoms with Gasteiger partial charge in [-0.2, -0.15) is 0 Å². The van der Waals surface area contributed by atoms with Crippen LogP contribution < -0.4 is 0 Å². The topological polar surface area (TPSA) is 17.1 Å². The molecule has 0 bridgehead atoms. The van der Waals surface area contributed by atoms with Crippen molar-refractivity contribution in [2.75, 3.05) is 0 Å². The molecule has 0 aliphatic rings. The van der Waals surface area contributed by atoms with E-state index in [0.717, 1.165) is 24.3 Å². The third-order valence-electron chi connectivity index (χ3n) is 2.29. The van der Waals surface area contributed by atoms with Crippen LogP contribution in [0.4, 0.5) is 13.2 Å². The molecule has 1 nitrogen and oxygen atoms in total. The van der Waals surface area contributed by atoms with Gasteiger partial charge in [-0.15, -0.1) is 0 Å². The molecule has 2 aromatic carbocycles. The molecule has 0 unspecified atom stereocenters. The summed E-state index contributed by atoms with van der Waals surface area (Å²) in [4.78, 5) is 11.8. The molecule has 0 spiro atoms. The van der Waals surface area contributed by atoms with Crippen LogP contribution in [0.5, 0.6) is 0 Å². The lowest BCUT2D eigenvalue weighted by atomic mass is 10.0. The number of ketones is 1. The Hall–Kier alpha value is -2.10. The van der Waals surface area contributed by atoms with Crippen molar-refractivity contribution in [1.82, 2.24) is 0 Å². The van der Waals surface area contributed by atoms with E-state index < -0.39 is 28.8 Å². The van der Waals surface area contributed by atoms with Gasteiger partial charge in [0.05, 0.1) is 11.1 Å². The van der Waals surface area contributed by atoms with Gasteiger partial charge in [-0.25, -0.2) is 13.2 Å². The molecule has 0 aromatic heterocycles. The Morgan fingerprint density at radius 3 is 2.18 bits per heavy atom. The van der Waals surface area contributed by atoms with Gasteiger partial charge < -0.3 is 0 Å². The highest BCUT2D eigenvalue weighted by Crippen LogP contribution is 2.17. The number of benzene rings is 2. The second-order valence-corrected chi connectivity index (χ2v) is 3.43. The molecule has 0 fully saturated rings. The van der Waals surface area contributed by atoms with Crippen LogP contribution in [0.15, 0.2) is 42.5 Å². The van der Waals surface area contributed by atoms with Crippen LogP contribution in [-0.2, 0) is 0 Å². The van der Waals surface area contributed by atoms with E-state index in [1.54, 1.807) is 0 Å². The van der Waals surface area contributed by atoms with Crippen molar-refractivity contribution in [3.8, 4) is 0 Å². The molecule has 0 atom stereocenters. The van der Waals surface area contributed by atoms with Crippen molar-refractivity contribution >= 4 is 5.78 Å². The minimum Gasteiger partial charge on any atom is -0.288 e. The summed E-state index contributed by atoms with van der Waals surface area (Å²) in [6.07, 6.45) is 0. The third-order valence-corrected chi connectivity index (χ3v) is 2.29. The first-order chi connectivity index (χ1) is 8.09. The minimum absolute atomic E-state index is 0.281. The van der Waals surface area contributed by atoms with Crippen molar-refractivity contribution in [2.45, 2.75) is 0 Å². The zero-order valence-electron chi connectivity index (χ0n) is 8.58. The van der Waals surface area contributed by atoms with Crippen LogP contribution in [0, 0.1) is 17.5 Å². The summed E-state index contributed by atoms with van der Waals surface area (Å²) >= 11 is 0. The quantitative estimate of drug-likeness (QED) is 0.731. The van der Waals surface area contributed by atoms with Crippen molar-refractivity contribution in [2.24, 2.45) is 0 Å². The maximum Gasteiger partial charge on any atom is 0.199 e. The van der Waals surface area contributed by atoms with Gasteiger partial charge in [0.1, 0.15) is 17.5 Å². The Balaban J connectivity index is 2.51. The molecular formula is C13H7F3O. The van der Waals surface area contributed by atoms with Crippen molar-refractivity contribution in [1.29, 1.82) is 0 Å². The highest BCUT2D eigenvalue weighted by molar-refractivity contribution is 6.09. The van der Waals surface area contributed by atoms with E-state index in [2.05, 4.69) is 0 Å². The first kappa shape index (κ1) is 11.4. The van der Waals surface area contributed by atoms with Crippen molar-refractivity contribution < 1.29 is 18.0 Å². The summed E-state index contributed by atoms with van der Waals surface area (Å²) in [5, 5.41) is 0. The van der Waals surface area contributed by atoms with Crippen LogP contribution in [-0.4, -0.2) is 5.78 Å². The van der Waals surface area contributed by atoms with Crippen LogP contribution in [0.25, 0.3) is 0 Å². The van der Waals surface area contributed by atoms with Gasteiger partial charge in [-0.05, 0) is 30.3 Å². The van der Waals surface area contributed by atoms with Crippen LogP contribution in [0.1, 0.15) is 15.9 Å². The summed E-state index contributed by atoms with van der Waals surface area (Å²) in [5.41, 5.74) is -0.757. The zero-order chi connectivity index (χ0) is 12.4.